The number of hydrogen-bond donors (Lipinski definition) is 2. The van der Waals surface area contributed by atoms with Crippen molar-refractivity contribution in [2.24, 2.45) is 10.7 Å². The second kappa shape index (κ2) is 9.18. The van der Waals surface area contributed by atoms with Gasteiger partial charge in [-0.15, -0.1) is 0 Å². The Labute approximate surface area is 142 Å². The SMILES string of the molecule is COCc1ccccc1NC(N)=NCCCc1ccc(Cl)cc1. The van der Waals surface area contributed by atoms with Crippen LogP contribution in [-0.4, -0.2) is 19.6 Å². The maximum Gasteiger partial charge on any atom is 0.193 e. The fraction of sp³-hybridized carbons (Fsp3) is 0.278. The van der Waals surface area contributed by atoms with Crippen molar-refractivity contribution in [2.75, 3.05) is 19.0 Å². The minimum absolute atomic E-state index is 0.421. The number of hydrogen-bond acceptors (Lipinski definition) is 2. The van der Waals surface area contributed by atoms with E-state index in [0.717, 1.165) is 29.1 Å². The number of halogens is 1. The summed E-state index contributed by atoms with van der Waals surface area (Å²) in [6.45, 7) is 1.21. The predicted molar refractivity (Wildman–Crippen MR) is 97.0 cm³/mol. The Balaban J connectivity index is 1.82. The van der Waals surface area contributed by atoms with Gasteiger partial charge in [-0.25, -0.2) is 0 Å². The number of anilines is 1. The number of rotatable bonds is 7. The van der Waals surface area contributed by atoms with Crippen LogP contribution in [0.4, 0.5) is 5.69 Å². The molecule has 0 aromatic heterocycles. The van der Waals surface area contributed by atoms with Crippen LogP contribution in [0, 0.1) is 0 Å². The third-order valence-electron chi connectivity index (χ3n) is 3.40. The zero-order chi connectivity index (χ0) is 16.5. The molecule has 0 radical (unpaired) electrons. The number of methoxy groups -OCH3 is 1. The molecule has 0 unspecified atom stereocenters. The lowest BCUT2D eigenvalue weighted by atomic mass is 10.1. The number of ether oxygens (including phenoxy) is 1. The summed E-state index contributed by atoms with van der Waals surface area (Å²) in [5.41, 5.74) is 9.18. The lowest BCUT2D eigenvalue weighted by molar-refractivity contribution is 0.185. The molecule has 0 bridgehead atoms. The molecule has 0 saturated heterocycles. The maximum absolute atomic E-state index is 5.95. The molecule has 0 atom stereocenters. The Hall–Kier alpha value is -2.04. The van der Waals surface area contributed by atoms with Crippen LogP contribution in [0.1, 0.15) is 17.5 Å². The van der Waals surface area contributed by atoms with Crippen molar-refractivity contribution in [1.82, 2.24) is 0 Å². The topological polar surface area (TPSA) is 59.6 Å². The fourth-order valence-electron chi connectivity index (χ4n) is 2.23. The van der Waals surface area contributed by atoms with E-state index >= 15 is 0 Å². The van der Waals surface area contributed by atoms with Crippen molar-refractivity contribution in [3.05, 3.63) is 64.7 Å². The molecule has 3 N–H and O–H groups in total. The van der Waals surface area contributed by atoms with Gasteiger partial charge in [0.05, 0.1) is 6.61 Å². The van der Waals surface area contributed by atoms with Crippen molar-refractivity contribution in [1.29, 1.82) is 0 Å². The first-order valence-corrected chi connectivity index (χ1v) is 7.95. The van der Waals surface area contributed by atoms with Gasteiger partial charge in [-0.3, -0.25) is 4.99 Å². The van der Waals surface area contributed by atoms with E-state index in [4.69, 9.17) is 22.1 Å². The van der Waals surface area contributed by atoms with Crippen LogP contribution in [0.3, 0.4) is 0 Å². The maximum atomic E-state index is 5.95. The van der Waals surface area contributed by atoms with E-state index in [1.54, 1.807) is 7.11 Å². The molecular formula is C18H22ClN3O. The van der Waals surface area contributed by atoms with Crippen LogP contribution in [0.25, 0.3) is 0 Å². The summed E-state index contributed by atoms with van der Waals surface area (Å²) in [6, 6.07) is 15.8. The number of nitrogens with zero attached hydrogens (tertiary/aromatic N) is 1. The number of aliphatic imine (C=N–C) groups is 1. The monoisotopic (exact) mass is 331 g/mol. The highest BCUT2D eigenvalue weighted by molar-refractivity contribution is 6.30. The van der Waals surface area contributed by atoms with Crippen LogP contribution < -0.4 is 11.1 Å². The summed E-state index contributed by atoms with van der Waals surface area (Å²) < 4.78 is 5.18. The van der Waals surface area contributed by atoms with Crippen LogP contribution >= 0.6 is 11.6 Å². The van der Waals surface area contributed by atoms with E-state index in [2.05, 4.69) is 10.3 Å². The second-order valence-electron chi connectivity index (χ2n) is 5.21. The highest BCUT2D eigenvalue weighted by Gasteiger charge is 2.02. The first kappa shape index (κ1) is 17.3. The summed E-state index contributed by atoms with van der Waals surface area (Å²) in [5, 5.41) is 3.89. The third kappa shape index (κ3) is 5.93. The largest absolute Gasteiger partial charge is 0.380 e. The summed E-state index contributed by atoms with van der Waals surface area (Å²) in [6.07, 6.45) is 1.89. The third-order valence-corrected chi connectivity index (χ3v) is 3.65. The molecule has 0 aliphatic carbocycles. The Morgan fingerprint density at radius 3 is 2.65 bits per heavy atom. The molecule has 2 aromatic rings. The quantitative estimate of drug-likeness (QED) is 0.460. The zero-order valence-corrected chi connectivity index (χ0v) is 14.0. The molecule has 0 spiro atoms. The van der Waals surface area contributed by atoms with Gasteiger partial charge in [0.25, 0.3) is 0 Å². The van der Waals surface area contributed by atoms with Gasteiger partial charge in [-0.1, -0.05) is 41.9 Å². The molecule has 0 heterocycles. The predicted octanol–water partition coefficient (Wildman–Crippen LogP) is 3.85. The van der Waals surface area contributed by atoms with Crippen molar-refractivity contribution in [2.45, 2.75) is 19.4 Å². The lowest BCUT2D eigenvalue weighted by Gasteiger charge is -2.10. The Bertz CT molecular complexity index is 641. The minimum Gasteiger partial charge on any atom is -0.380 e. The van der Waals surface area contributed by atoms with Crippen LogP contribution in [-0.2, 0) is 17.8 Å². The molecular weight excluding hydrogens is 310 g/mol. The van der Waals surface area contributed by atoms with E-state index in [1.807, 2.05) is 48.5 Å². The number of nitrogens with two attached hydrogens (primary N) is 1. The van der Waals surface area contributed by atoms with Crippen molar-refractivity contribution >= 4 is 23.2 Å². The molecule has 2 rings (SSSR count). The van der Waals surface area contributed by atoms with E-state index in [1.165, 1.54) is 5.56 Å². The first-order chi connectivity index (χ1) is 11.2. The molecule has 2 aromatic carbocycles. The normalized spacial score (nSPS) is 11.5. The summed E-state index contributed by atoms with van der Waals surface area (Å²) in [7, 11) is 1.67. The van der Waals surface area contributed by atoms with Crippen LogP contribution in [0.5, 0.6) is 0 Å². The van der Waals surface area contributed by atoms with Gasteiger partial charge in [-0.05, 0) is 36.6 Å². The summed E-state index contributed by atoms with van der Waals surface area (Å²) in [5.74, 6) is 0.421. The highest BCUT2D eigenvalue weighted by atomic mass is 35.5. The van der Waals surface area contributed by atoms with E-state index in [9.17, 15) is 0 Å². The standard InChI is InChI=1S/C18H22ClN3O/c1-23-13-15-6-2-3-7-17(15)22-18(20)21-12-4-5-14-8-10-16(19)11-9-14/h2-3,6-11H,4-5,12-13H2,1H3,(H3,20,21,22). The van der Waals surface area contributed by atoms with Gasteiger partial charge in [0.2, 0.25) is 0 Å². The number of guanidine groups is 1. The molecule has 4 nitrogen and oxygen atoms in total. The minimum atomic E-state index is 0.421. The molecule has 5 heteroatoms. The first-order valence-electron chi connectivity index (χ1n) is 7.57. The van der Waals surface area contributed by atoms with Gasteiger partial charge in [0.1, 0.15) is 0 Å². The highest BCUT2D eigenvalue weighted by Crippen LogP contribution is 2.15. The van der Waals surface area contributed by atoms with E-state index in [0.29, 0.717) is 19.1 Å². The zero-order valence-electron chi connectivity index (χ0n) is 13.3. The summed E-state index contributed by atoms with van der Waals surface area (Å²) >= 11 is 5.87. The van der Waals surface area contributed by atoms with Gasteiger partial charge in [-0.2, -0.15) is 0 Å². The van der Waals surface area contributed by atoms with Gasteiger partial charge in [0.15, 0.2) is 5.96 Å². The molecule has 122 valence electrons. The molecule has 0 fully saturated rings. The molecule has 0 saturated carbocycles. The van der Waals surface area contributed by atoms with Gasteiger partial charge < -0.3 is 15.8 Å². The average molecular weight is 332 g/mol. The average Bonchev–Trinajstić information content (AvgIpc) is 2.55. The van der Waals surface area contributed by atoms with Crippen molar-refractivity contribution in [3.63, 3.8) is 0 Å². The lowest BCUT2D eigenvalue weighted by Crippen LogP contribution is -2.23. The van der Waals surface area contributed by atoms with E-state index in [-0.39, 0.29) is 0 Å². The van der Waals surface area contributed by atoms with Gasteiger partial charge in [0, 0.05) is 29.9 Å². The number of benzene rings is 2. The van der Waals surface area contributed by atoms with Crippen molar-refractivity contribution in [3.8, 4) is 0 Å². The molecule has 0 aliphatic rings. The Morgan fingerprint density at radius 1 is 1.17 bits per heavy atom. The molecule has 23 heavy (non-hydrogen) atoms. The Kier molecular flexibility index (Phi) is 6.91. The van der Waals surface area contributed by atoms with Crippen LogP contribution in [0.2, 0.25) is 5.02 Å². The van der Waals surface area contributed by atoms with Crippen LogP contribution in [0.15, 0.2) is 53.5 Å². The Morgan fingerprint density at radius 2 is 1.91 bits per heavy atom. The number of aryl methyl sites for hydroxylation is 1. The fourth-order valence-corrected chi connectivity index (χ4v) is 2.36. The number of nitrogens with one attached hydrogen (secondary N) is 1. The van der Waals surface area contributed by atoms with Gasteiger partial charge >= 0.3 is 0 Å². The van der Waals surface area contributed by atoms with Crippen molar-refractivity contribution < 1.29 is 4.74 Å². The smallest absolute Gasteiger partial charge is 0.193 e. The second-order valence-corrected chi connectivity index (χ2v) is 5.65. The van der Waals surface area contributed by atoms with E-state index < -0.39 is 0 Å². The number of para-hydroxylation sites is 1. The summed E-state index contributed by atoms with van der Waals surface area (Å²) in [4.78, 5) is 4.37. The molecule has 0 amide bonds. The molecule has 0 aliphatic heterocycles.